The van der Waals surface area contributed by atoms with Gasteiger partial charge in [0.15, 0.2) is 6.29 Å². The van der Waals surface area contributed by atoms with Crippen molar-refractivity contribution < 1.29 is 19.2 Å². The fraction of sp³-hybridized carbons (Fsp3) is 0.500. The zero-order valence-electron chi connectivity index (χ0n) is 18.4. The van der Waals surface area contributed by atoms with Crippen molar-refractivity contribution in [2.45, 2.75) is 56.0 Å². The Bertz CT molecular complexity index is 955. The predicted octanol–water partition coefficient (Wildman–Crippen LogP) is 5.67. The van der Waals surface area contributed by atoms with E-state index < -0.39 is 0 Å². The number of anilines is 1. The molecule has 178 valence electrons. The van der Waals surface area contributed by atoms with Gasteiger partial charge in [0, 0.05) is 34.9 Å². The predicted molar refractivity (Wildman–Crippen MR) is 135 cm³/mol. The van der Waals surface area contributed by atoms with E-state index in [4.69, 9.17) is 21.2 Å². The van der Waals surface area contributed by atoms with Crippen LogP contribution in [0.1, 0.15) is 49.8 Å². The molecule has 2 saturated heterocycles. The maximum atomic E-state index is 12.8. The topological polar surface area (TPSA) is 76.7 Å². The van der Waals surface area contributed by atoms with Gasteiger partial charge in [0.1, 0.15) is 5.88 Å². The first-order valence-corrected chi connectivity index (χ1v) is 13.7. The van der Waals surface area contributed by atoms with Gasteiger partial charge < -0.3 is 10.1 Å². The van der Waals surface area contributed by atoms with E-state index in [9.17, 15) is 9.59 Å². The molecule has 2 aromatic rings. The number of carbonyl (C=O) groups excluding carboxylic acids is 2. The van der Waals surface area contributed by atoms with Gasteiger partial charge >= 0.3 is 0 Å². The molecule has 0 saturated carbocycles. The average molecular weight is 509 g/mol. The Hall–Kier alpha value is -1.58. The lowest BCUT2D eigenvalue weighted by Gasteiger charge is -2.35. The molecular formula is C24H29ClN2O4S2. The van der Waals surface area contributed by atoms with E-state index in [-0.39, 0.29) is 28.7 Å². The number of carbonyl (C=O) groups is 2. The standard InChI is InChI=1S/C24H29ClN2O4S2/c25-16-22(29)26-18-7-5-6-17(14-18)19-9-10-20(33-19)24(11-2-4-13-32-24)15-21(28)27-31-23-8-1-3-12-30-23/h5-7,9-10,14,23H,1-4,8,11-13,15-16H2,(H,26,29)(H,27,28)/t23?,24-/m0/s1. The van der Waals surface area contributed by atoms with E-state index in [0.717, 1.165) is 54.0 Å². The van der Waals surface area contributed by atoms with Crippen molar-refractivity contribution in [2.24, 2.45) is 0 Å². The fourth-order valence-corrected chi connectivity index (χ4v) is 7.14. The maximum Gasteiger partial charge on any atom is 0.245 e. The molecule has 2 atom stereocenters. The molecule has 4 rings (SSSR count). The molecular weight excluding hydrogens is 480 g/mol. The summed E-state index contributed by atoms with van der Waals surface area (Å²) in [7, 11) is 0. The van der Waals surface area contributed by atoms with Crippen molar-refractivity contribution in [3.05, 3.63) is 41.3 Å². The molecule has 1 unspecified atom stereocenters. The Balaban J connectivity index is 1.47. The first kappa shape index (κ1) is 24.5. The van der Waals surface area contributed by atoms with E-state index in [1.807, 2.05) is 36.0 Å². The summed E-state index contributed by atoms with van der Waals surface area (Å²) in [4.78, 5) is 32.3. The van der Waals surface area contributed by atoms with Gasteiger partial charge in [-0.2, -0.15) is 0 Å². The first-order chi connectivity index (χ1) is 16.1. The number of hydrogen-bond acceptors (Lipinski definition) is 6. The van der Waals surface area contributed by atoms with Crippen LogP contribution in [0, 0.1) is 0 Å². The summed E-state index contributed by atoms with van der Waals surface area (Å²) in [5, 5.41) is 2.80. The van der Waals surface area contributed by atoms with Crippen molar-refractivity contribution in [3.8, 4) is 10.4 Å². The second kappa shape index (κ2) is 11.7. The Morgan fingerprint density at radius 1 is 1.15 bits per heavy atom. The molecule has 2 aliphatic heterocycles. The smallest absolute Gasteiger partial charge is 0.245 e. The number of rotatable bonds is 8. The van der Waals surface area contributed by atoms with Gasteiger partial charge in [0.05, 0.1) is 4.75 Å². The van der Waals surface area contributed by atoms with Gasteiger partial charge in [0.2, 0.25) is 11.8 Å². The van der Waals surface area contributed by atoms with Crippen LogP contribution in [-0.4, -0.2) is 36.3 Å². The minimum absolute atomic E-state index is 0.0776. The maximum absolute atomic E-state index is 12.8. The Morgan fingerprint density at radius 2 is 2.06 bits per heavy atom. The molecule has 2 N–H and O–H groups in total. The summed E-state index contributed by atoms with van der Waals surface area (Å²) < 4.78 is 5.29. The molecule has 0 aliphatic carbocycles. The lowest BCUT2D eigenvalue weighted by molar-refractivity contribution is -0.200. The van der Waals surface area contributed by atoms with E-state index >= 15 is 0 Å². The Morgan fingerprint density at radius 3 is 2.82 bits per heavy atom. The lowest BCUT2D eigenvalue weighted by Crippen LogP contribution is -2.37. The largest absolute Gasteiger partial charge is 0.350 e. The van der Waals surface area contributed by atoms with Crippen molar-refractivity contribution in [2.75, 3.05) is 23.6 Å². The molecule has 3 heterocycles. The quantitative estimate of drug-likeness (QED) is 0.355. The molecule has 1 aromatic carbocycles. The third kappa shape index (κ3) is 6.51. The SMILES string of the molecule is O=C(C[C@]1(c2ccc(-c3cccc(NC(=O)CCl)c3)s2)CCCCS1)NOC1CCCCO1. The van der Waals surface area contributed by atoms with Crippen LogP contribution in [0.15, 0.2) is 36.4 Å². The highest BCUT2D eigenvalue weighted by atomic mass is 35.5. The lowest BCUT2D eigenvalue weighted by atomic mass is 9.94. The van der Waals surface area contributed by atoms with Crippen LogP contribution in [0.3, 0.4) is 0 Å². The van der Waals surface area contributed by atoms with Gasteiger partial charge in [-0.3, -0.25) is 9.59 Å². The second-order valence-corrected chi connectivity index (χ2v) is 11.2. The van der Waals surface area contributed by atoms with Crippen LogP contribution < -0.4 is 10.8 Å². The van der Waals surface area contributed by atoms with Gasteiger partial charge in [0.25, 0.3) is 0 Å². The average Bonchev–Trinajstić information content (AvgIpc) is 3.35. The number of benzene rings is 1. The molecule has 6 nitrogen and oxygen atoms in total. The van der Waals surface area contributed by atoms with Gasteiger partial charge in [-0.25, -0.2) is 10.3 Å². The van der Waals surface area contributed by atoms with E-state index in [1.54, 1.807) is 11.3 Å². The number of alkyl halides is 1. The summed E-state index contributed by atoms with van der Waals surface area (Å²) in [5.41, 5.74) is 4.38. The Labute approximate surface area is 207 Å². The highest BCUT2D eigenvalue weighted by Crippen LogP contribution is 2.51. The zero-order chi connectivity index (χ0) is 23.1. The summed E-state index contributed by atoms with van der Waals surface area (Å²) in [5.74, 6) is 0.614. The molecule has 2 aliphatic rings. The van der Waals surface area contributed by atoms with Crippen LogP contribution in [0.25, 0.3) is 10.4 Å². The van der Waals surface area contributed by atoms with Gasteiger partial charge in [-0.1, -0.05) is 18.6 Å². The highest BCUT2D eigenvalue weighted by Gasteiger charge is 2.38. The molecule has 0 radical (unpaired) electrons. The van der Waals surface area contributed by atoms with Crippen molar-refractivity contribution in [1.82, 2.24) is 5.48 Å². The summed E-state index contributed by atoms with van der Waals surface area (Å²) >= 11 is 9.19. The van der Waals surface area contributed by atoms with Crippen LogP contribution in [-0.2, 0) is 23.9 Å². The second-order valence-electron chi connectivity index (χ2n) is 8.34. The third-order valence-corrected chi connectivity index (χ3v) is 9.17. The van der Waals surface area contributed by atoms with Crippen molar-refractivity contribution in [1.29, 1.82) is 0 Å². The normalized spacial score (nSPS) is 23.1. The van der Waals surface area contributed by atoms with Crippen LogP contribution in [0.4, 0.5) is 5.69 Å². The molecule has 1 aromatic heterocycles. The monoisotopic (exact) mass is 508 g/mol. The molecule has 2 amide bonds. The van der Waals surface area contributed by atoms with Crippen molar-refractivity contribution >= 4 is 52.2 Å². The van der Waals surface area contributed by atoms with Gasteiger partial charge in [-0.05, 0) is 61.3 Å². The summed E-state index contributed by atoms with van der Waals surface area (Å²) in [6.07, 6.45) is 6.13. The van der Waals surface area contributed by atoms with Crippen LogP contribution in [0.2, 0.25) is 0 Å². The molecule has 9 heteroatoms. The number of nitrogens with one attached hydrogen (secondary N) is 2. The molecule has 0 spiro atoms. The van der Waals surface area contributed by atoms with Crippen LogP contribution in [0.5, 0.6) is 0 Å². The summed E-state index contributed by atoms with van der Waals surface area (Å²) in [6.45, 7) is 0.676. The minimum Gasteiger partial charge on any atom is -0.350 e. The molecule has 33 heavy (non-hydrogen) atoms. The first-order valence-electron chi connectivity index (χ1n) is 11.3. The minimum atomic E-state index is -0.349. The zero-order valence-corrected chi connectivity index (χ0v) is 20.8. The Kier molecular flexibility index (Phi) is 8.71. The van der Waals surface area contributed by atoms with E-state index in [1.165, 1.54) is 11.3 Å². The number of hydrogen-bond donors (Lipinski definition) is 2. The van der Waals surface area contributed by atoms with Crippen LogP contribution >= 0.6 is 34.7 Å². The number of thiophene rings is 1. The number of halogens is 1. The van der Waals surface area contributed by atoms with E-state index in [2.05, 4.69) is 22.9 Å². The van der Waals surface area contributed by atoms with Gasteiger partial charge in [-0.15, -0.1) is 34.7 Å². The molecule has 2 fully saturated rings. The molecule has 0 bridgehead atoms. The van der Waals surface area contributed by atoms with Crippen molar-refractivity contribution in [3.63, 3.8) is 0 Å². The third-order valence-electron chi connectivity index (χ3n) is 5.85. The number of hydroxylamine groups is 1. The number of ether oxygens (including phenoxy) is 1. The fourth-order valence-electron chi connectivity index (χ4n) is 4.19. The number of thioether (sulfide) groups is 1. The highest BCUT2D eigenvalue weighted by molar-refractivity contribution is 8.00. The number of amides is 2. The van der Waals surface area contributed by atoms with E-state index in [0.29, 0.717) is 13.0 Å². The summed E-state index contributed by atoms with van der Waals surface area (Å²) in [6, 6.07) is 12.0.